The monoisotopic (exact) mass is 483 g/mol. The molecule has 1 aromatic heterocycles. The number of likely N-dealkylation sites (N-methyl/N-ethyl adjacent to an activating group) is 1. The topological polar surface area (TPSA) is 79.7 Å². The molecular formula is C22H31Cl2N5O3. The molecule has 0 unspecified atom stereocenters. The third-order valence-electron chi connectivity index (χ3n) is 4.91. The van der Waals surface area contributed by atoms with E-state index >= 15 is 0 Å². The molecule has 2 aromatic rings. The molecule has 2 aliphatic heterocycles. The van der Waals surface area contributed by atoms with Gasteiger partial charge in [0.05, 0.1) is 18.8 Å². The van der Waals surface area contributed by atoms with Crippen molar-refractivity contribution in [2.75, 3.05) is 46.9 Å². The number of aryl methyl sites for hydroxylation is 1. The maximum absolute atomic E-state index is 10.6. The van der Waals surface area contributed by atoms with E-state index in [2.05, 4.69) is 22.4 Å². The molecule has 0 atom stereocenters. The Balaban J connectivity index is 0.000000180. The molecule has 1 fully saturated rings. The van der Waals surface area contributed by atoms with Crippen LogP contribution in [0.3, 0.4) is 0 Å². The summed E-state index contributed by atoms with van der Waals surface area (Å²) >= 11 is 11.5. The first-order chi connectivity index (χ1) is 15.4. The molecule has 3 heterocycles. The smallest absolute Gasteiger partial charge is 0.210 e. The van der Waals surface area contributed by atoms with E-state index in [0.29, 0.717) is 28.9 Å². The number of aromatic nitrogens is 2. The van der Waals surface area contributed by atoms with Crippen LogP contribution in [-0.4, -0.2) is 79.2 Å². The molecule has 32 heavy (non-hydrogen) atoms. The maximum Gasteiger partial charge on any atom is 0.210 e. The van der Waals surface area contributed by atoms with Crippen molar-refractivity contribution < 1.29 is 14.3 Å². The summed E-state index contributed by atoms with van der Waals surface area (Å²) in [6.45, 7) is 7.36. The minimum absolute atomic E-state index is 0.438. The standard InChI is InChI=1S/C9H11N3O2.C8H8Cl2O.C5H12N2/c13-6-8-4-9-5-11(7-14)2-1-3-12(9)10-8;1-11-5-6-2-7(9)4-8(10)3-6;1-7-4-2-6-3-5-7/h4,6-7H,1-3,5H2;2-4H,5H2,1H3;6H,2-5H2,1H3. The number of carbonyl (C=O) groups is 2. The van der Waals surface area contributed by atoms with Crippen LogP contribution < -0.4 is 5.32 Å². The van der Waals surface area contributed by atoms with Crippen molar-refractivity contribution in [3.8, 4) is 0 Å². The number of nitrogens with one attached hydrogen (secondary N) is 1. The van der Waals surface area contributed by atoms with E-state index in [1.54, 1.807) is 28.8 Å². The van der Waals surface area contributed by atoms with E-state index in [4.69, 9.17) is 27.9 Å². The summed E-state index contributed by atoms with van der Waals surface area (Å²) < 4.78 is 6.72. The minimum Gasteiger partial charge on any atom is -0.380 e. The number of ether oxygens (including phenoxy) is 1. The van der Waals surface area contributed by atoms with Crippen molar-refractivity contribution in [1.29, 1.82) is 0 Å². The van der Waals surface area contributed by atoms with E-state index in [0.717, 1.165) is 56.6 Å². The van der Waals surface area contributed by atoms with Gasteiger partial charge in [0.2, 0.25) is 6.41 Å². The summed E-state index contributed by atoms with van der Waals surface area (Å²) in [4.78, 5) is 25.1. The number of amides is 1. The zero-order valence-corrected chi connectivity index (χ0v) is 20.1. The van der Waals surface area contributed by atoms with Crippen molar-refractivity contribution in [3.63, 3.8) is 0 Å². The summed E-state index contributed by atoms with van der Waals surface area (Å²) in [5.41, 5.74) is 2.36. The van der Waals surface area contributed by atoms with Crippen LogP contribution in [0.25, 0.3) is 0 Å². The highest BCUT2D eigenvalue weighted by Crippen LogP contribution is 2.19. The van der Waals surface area contributed by atoms with Crippen LogP contribution in [0.4, 0.5) is 0 Å². The molecule has 0 spiro atoms. The lowest BCUT2D eigenvalue weighted by Gasteiger charge is -2.21. The van der Waals surface area contributed by atoms with Crippen molar-refractivity contribution in [2.45, 2.75) is 26.1 Å². The predicted molar refractivity (Wildman–Crippen MR) is 126 cm³/mol. The van der Waals surface area contributed by atoms with Crippen molar-refractivity contribution in [1.82, 2.24) is 24.9 Å². The fraction of sp³-hybridized carbons (Fsp3) is 0.500. The molecule has 0 radical (unpaired) electrons. The van der Waals surface area contributed by atoms with Crippen LogP contribution in [0.1, 0.15) is 28.2 Å². The number of piperazine rings is 1. The number of nitrogens with zero attached hydrogens (tertiary/aromatic N) is 4. The second-order valence-electron chi connectivity index (χ2n) is 7.59. The molecule has 1 saturated heterocycles. The maximum atomic E-state index is 10.6. The Bertz CT molecular complexity index is 836. The Morgan fingerprint density at radius 3 is 2.28 bits per heavy atom. The fourth-order valence-corrected chi connectivity index (χ4v) is 3.87. The van der Waals surface area contributed by atoms with Gasteiger partial charge in [0.1, 0.15) is 5.69 Å². The van der Waals surface area contributed by atoms with Crippen molar-refractivity contribution in [3.05, 3.63) is 51.3 Å². The average molecular weight is 484 g/mol. The molecule has 1 amide bonds. The van der Waals surface area contributed by atoms with E-state index in [1.807, 2.05) is 12.1 Å². The molecule has 8 nitrogen and oxygen atoms in total. The van der Waals surface area contributed by atoms with Crippen molar-refractivity contribution >= 4 is 35.9 Å². The van der Waals surface area contributed by atoms with Gasteiger partial charge in [-0.05, 0) is 43.3 Å². The van der Waals surface area contributed by atoms with Crippen LogP contribution in [0.15, 0.2) is 24.3 Å². The van der Waals surface area contributed by atoms with Gasteiger partial charge in [-0.1, -0.05) is 23.2 Å². The van der Waals surface area contributed by atoms with Crippen LogP contribution >= 0.6 is 23.2 Å². The van der Waals surface area contributed by atoms with Crippen LogP contribution in [0.2, 0.25) is 10.0 Å². The Morgan fingerprint density at radius 1 is 1.06 bits per heavy atom. The highest BCUT2D eigenvalue weighted by molar-refractivity contribution is 6.34. The molecule has 4 rings (SSSR count). The second kappa shape index (κ2) is 14.2. The molecule has 1 aromatic carbocycles. The molecule has 0 bridgehead atoms. The summed E-state index contributed by atoms with van der Waals surface area (Å²) in [5, 5.41) is 8.66. The first kappa shape index (κ1) is 26.3. The normalized spacial score (nSPS) is 15.9. The lowest BCUT2D eigenvalue weighted by atomic mass is 10.2. The highest BCUT2D eigenvalue weighted by atomic mass is 35.5. The molecule has 10 heteroatoms. The van der Waals surface area contributed by atoms with E-state index in [9.17, 15) is 9.59 Å². The van der Waals surface area contributed by atoms with Gasteiger partial charge in [0.25, 0.3) is 0 Å². The summed E-state index contributed by atoms with van der Waals surface area (Å²) in [5.74, 6) is 0. The fourth-order valence-electron chi connectivity index (χ4n) is 3.29. The number of benzene rings is 1. The van der Waals surface area contributed by atoms with E-state index < -0.39 is 0 Å². The molecular weight excluding hydrogens is 453 g/mol. The van der Waals surface area contributed by atoms with Crippen molar-refractivity contribution in [2.24, 2.45) is 0 Å². The zero-order valence-electron chi connectivity index (χ0n) is 18.6. The third kappa shape index (κ3) is 9.26. The summed E-state index contributed by atoms with van der Waals surface area (Å²) in [6.07, 6.45) is 2.45. The van der Waals surface area contributed by atoms with Gasteiger partial charge < -0.3 is 19.9 Å². The number of hydrogen-bond acceptors (Lipinski definition) is 6. The van der Waals surface area contributed by atoms with Crippen LogP contribution in [0, 0.1) is 0 Å². The summed E-state index contributed by atoms with van der Waals surface area (Å²) in [6, 6.07) is 7.09. The van der Waals surface area contributed by atoms with E-state index in [1.165, 1.54) is 13.1 Å². The minimum atomic E-state index is 0.438. The zero-order chi connectivity index (χ0) is 23.3. The Morgan fingerprint density at radius 2 is 1.75 bits per heavy atom. The van der Waals surface area contributed by atoms with Gasteiger partial charge in [-0.15, -0.1) is 0 Å². The lowest BCUT2D eigenvalue weighted by molar-refractivity contribution is -0.118. The van der Waals surface area contributed by atoms with E-state index in [-0.39, 0.29) is 0 Å². The Kier molecular flexibility index (Phi) is 11.7. The van der Waals surface area contributed by atoms with Gasteiger partial charge in [-0.25, -0.2) is 0 Å². The first-order valence-corrected chi connectivity index (χ1v) is 11.2. The third-order valence-corrected chi connectivity index (χ3v) is 5.34. The second-order valence-corrected chi connectivity index (χ2v) is 8.47. The van der Waals surface area contributed by atoms with Crippen LogP contribution in [0.5, 0.6) is 0 Å². The number of rotatable bonds is 4. The molecule has 0 saturated carbocycles. The first-order valence-electron chi connectivity index (χ1n) is 10.5. The largest absolute Gasteiger partial charge is 0.380 e. The van der Waals surface area contributed by atoms with Gasteiger partial charge in [0, 0.05) is 56.4 Å². The molecule has 176 valence electrons. The quantitative estimate of drug-likeness (QED) is 0.673. The number of carbonyl (C=O) groups excluding carboxylic acids is 2. The van der Waals surface area contributed by atoms with Crippen LogP contribution in [-0.2, 0) is 29.2 Å². The van der Waals surface area contributed by atoms with Gasteiger partial charge in [-0.2, -0.15) is 5.10 Å². The molecule has 2 aliphatic rings. The Hall–Kier alpha value is -1.97. The Labute approximate surface area is 199 Å². The molecule has 0 aliphatic carbocycles. The summed E-state index contributed by atoms with van der Waals surface area (Å²) in [7, 11) is 3.79. The lowest BCUT2D eigenvalue weighted by Crippen LogP contribution is -2.40. The number of halogens is 2. The number of aldehydes is 1. The number of methoxy groups -OCH3 is 1. The SMILES string of the molecule is CN1CCNCC1.COCc1cc(Cl)cc(Cl)c1.O=Cc1cc2n(n1)CCCN(C=O)C2. The van der Waals surface area contributed by atoms with Gasteiger partial charge >= 0.3 is 0 Å². The molecule has 1 N–H and O–H groups in total. The predicted octanol–water partition coefficient (Wildman–Crippen LogP) is 2.72. The highest BCUT2D eigenvalue weighted by Gasteiger charge is 2.14. The van der Waals surface area contributed by atoms with Gasteiger partial charge in [-0.3, -0.25) is 14.3 Å². The number of hydrogen-bond donors (Lipinski definition) is 1. The average Bonchev–Trinajstić information content (AvgIpc) is 3.05. The van der Waals surface area contributed by atoms with Gasteiger partial charge in [0.15, 0.2) is 6.29 Å². The number of fused-ring (bicyclic) bond motifs is 1.